The summed E-state index contributed by atoms with van der Waals surface area (Å²) >= 11 is 4.74. The van der Waals surface area contributed by atoms with Crippen LogP contribution in [0.2, 0.25) is 0 Å². The number of nitrogens with zero attached hydrogens (tertiary/aromatic N) is 1. The van der Waals surface area contributed by atoms with Crippen LogP contribution in [0.3, 0.4) is 0 Å². The van der Waals surface area contributed by atoms with E-state index in [0.717, 1.165) is 15.9 Å². The van der Waals surface area contributed by atoms with Crippen LogP contribution in [0.15, 0.2) is 50.7 Å². The predicted molar refractivity (Wildman–Crippen MR) is 92.0 cm³/mol. The number of thiazole rings is 1. The molecule has 0 aliphatic heterocycles. The summed E-state index contributed by atoms with van der Waals surface area (Å²) in [6.45, 7) is 2.13. The Hall–Kier alpha value is -2.12. The molecule has 2 heterocycles. The molecule has 3 aromatic rings. The predicted octanol–water partition coefficient (Wildman–Crippen LogP) is 4.64. The molecular weight excluding hydrogens is 380 g/mol. The van der Waals surface area contributed by atoms with Crippen LogP contribution in [0, 0.1) is 6.92 Å². The Morgan fingerprint density at radius 1 is 1.30 bits per heavy atom. The summed E-state index contributed by atoms with van der Waals surface area (Å²) in [4.78, 5) is 16.2. The summed E-state index contributed by atoms with van der Waals surface area (Å²) < 4.78 is 12.1. The molecule has 7 heteroatoms. The van der Waals surface area contributed by atoms with E-state index in [0.29, 0.717) is 10.9 Å². The summed E-state index contributed by atoms with van der Waals surface area (Å²) in [5.41, 5.74) is 0.869. The van der Waals surface area contributed by atoms with Gasteiger partial charge in [-0.3, -0.25) is 10.1 Å². The summed E-state index contributed by atoms with van der Waals surface area (Å²) in [6.07, 6.45) is 0. The summed E-state index contributed by atoms with van der Waals surface area (Å²) in [6, 6.07) is 10.8. The largest absolute Gasteiger partial charge is 0.486 e. The highest BCUT2D eigenvalue weighted by atomic mass is 79.9. The zero-order valence-electron chi connectivity index (χ0n) is 12.2. The monoisotopic (exact) mass is 392 g/mol. The molecule has 0 aliphatic rings. The van der Waals surface area contributed by atoms with Crippen molar-refractivity contribution in [3.8, 4) is 5.75 Å². The van der Waals surface area contributed by atoms with Gasteiger partial charge in [-0.05, 0) is 43.3 Å². The van der Waals surface area contributed by atoms with Gasteiger partial charge >= 0.3 is 0 Å². The average Bonchev–Trinajstić information content (AvgIpc) is 3.16. The number of hydrogen-bond acceptors (Lipinski definition) is 5. The first-order valence-corrected chi connectivity index (χ1v) is 8.48. The SMILES string of the molecule is Cc1csc(NC(=O)c2ccc(COc3ccc(Br)cc3)o2)n1. The summed E-state index contributed by atoms with van der Waals surface area (Å²) in [7, 11) is 0. The molecule has 5 nitrogen and oxygen atoms in total. The molecule has 0 bridgehead atoms. The van der Waals surface area contributed by atoms with Gasteiger partial charge in [0.05, 0.1) is 5.69 Å². The second kappa shape index (κ2) is 6.97. The molecule has 23 heavy (non-hydrogen) atoms. The molecule has 1 aromatic carbocycles. The standard InChI is InChI=1S/C16H13BrN2O3S/c1-10-9-23-16(18-10)19-15(20)14-7-6-13(22-14)8-21-12-4-2-11(17)3-5-12/h2-7,9H,8H2,1H3,(H,18,19,20). The fourth-order valence-corrected chi connectivity index (χ4v) is 2.78. The van der Waals surface area contributed by atoms with Gasteiger partial charge in [-0.2, -0.15) is 0 Å². The number of furan rings is 1. The second-order valence-corrected chi connectivity index (χ2v) is 6.53. The third kappa shape index (κ3) is 4.20. The Kier molecular flexibility index (Phi) is 4.78. The van der Waals surface area contributed by atoms with Gasteiger partial charge < -0.3 is 9.15 Å². The van der Waals surface area contributed by atoms with E-state index >= 15 is 0 Å². The minimum Gasteiger partial charge on any atom is -0.486 e. The molecule has 1 N–H and O–H groups in total. The van der Waals surface area contributed by atoms with Gasteiger partial charge in [0.25, 0.3) is 5.91 Å². The number of amides is 1. The zero-order chi connectivity index (χ0) is 16.2. The molecule has 2 aromatic heterocycles. The lowest BCUT2D eigenvalue weighted by atomic mass is 10.3. The van der Waals surface area contributed by atoms with Crippen molar-refractivity contribution in [2.24, 2.45) is 0 Å². The topological polar surface area (TPSA) is 64.4 Å². The Bertz CT molecular complexity index is 811. The van der Waals surface area contributed by atoms with E-state index in [1.54, 1.807) is 12.1 Å². The Morgan fingerprint density at radius 3 is 2.78 bits per heavy atom. The van der Waals surface area contributed by atoms with E-state index in [1.165, 1.54) is 11.3 Å². The first-order valence-electron chi connectivity index (χ1n) is 6.81. The normalized spacial score (nSPS) is 10.5. The number of aryl methyl sites for hydroxylation is 1. The highest BCUT2D eigenvalue weighted by Gasteiger charge is 2.13. The summed E-state index contributed by atoms with van der Waals surface area (Å²) in [5, 5.41) is 5.12. The van der Waals surface area contributed by atoms with Crippen molar-refractivity contribution in [2.45, 2.75) is 13.5 Å². The fraction of sp³-hybridized carbons (Fsp3) is 0.125. The van der Waals surface area contributed by atoms with E-state index in [4.69, 9.17) is 9.15 Å². The lowest BCUT2D eigenvalue weighted by Crippen LogP contribution is -2.10. The number of nitrogens with one attached hydrogen (secondary N) is 1. The molecule has 118 valence electrons. The van der Waals surface area contributed by atoms with E-state index in [-0.39, 0.29) is 18.3 Å². The first-order chi connectivity index (χ1) is 11.1. The highest BCUT2D eigenvalue weighted by molar-refractivity contribution is 9.10. The Labute approximate surface area is 145 Å². The Balaban J connectivity index is 1.59. The highest BCUT2D eigenvalue weighted by Crippen LogP contribution is 2.19. The number of carbonyl (C=O) groups excluding carboxylic acids is 1. The molecule has 0 aliphatic carbocycles. The smallest absolute Gasteiger partial charge is 0.293 e. The van der Waals surface area contributed by atoms with Crippen molar-refractivity contribution in [3.63, 3.8) is 0 Å². The molecule has 0 fully saturated rings. The number of aromatic nitrogens is 1. The number of rotatable bonds is 5. The maximum atomic E-state index is 12.1. The minimum atomic E-state index is -0.325. The van der Waals surface area contributed by atoms with Gasteiger partial charge in [0.2, 0.25) is 0 Å². The van der Waals surface area contributed by atoms with Gasteiger partial charge in [0.1, 0.15) is 18.1 Å². The van der Waals surface area contributed by atoms with Crippen molar-refractivity contribution in [2.75, 3.05) is 5.32 Å². The molecule has 0 atom stereocenters. The lowest BCUT2D eigenvalue weighted by molar-refractivity contribution is 0.0992. The molecule has 0 spiro atoms. The molecule has 0 radical (unpaired) electrons. The minimum absolute atomic E-state index is 0.229. The number of halogens is 1. The van der Waals surface area contributed by atoms with E-state index in [1.807, 2.05) is 36.6 Å². The molecular formula is C16H13BrN2O3S. The van der Waals surface area contributed by atoms with Crippen LogP contribution in [0.1, 0.15) is 22.0 Å². The molecule has 3 rings (SSSR count). The third-order valence-electron chi connectivity index (χ3n) is 2.92. The quantitative estimate of drug-likeness (QED) is 0.686. The van der Waals surface area contributed by atoms with Crippen LogP contribution in [0.4, 0.5) is 5.13 Å². The molecule has 0 unspecified atom stereocenters. The van der Waals surface area contributed by atoms with Gasteiger partial charge in [-0.1, -0.05) is 15.9 Å². The first kappa shape index (κ1) is 15.8. The number of hydrogen-bond donors (Lipinski definition) is 1. The van der Waals surface area contributed by atoms with Crippen molar-refractivity contribution in [1.82, 2.24) is 4.98 Å². The third-order valence-corrected chi connectivity index (χ3v) is 4.32. The average molecular weight is 393 g/mol. The van der Waals surface area contributed by atoms with E-state index < -0.39 is 0 Å². The number of carbonyl (C=O) groups is 1. The number of ether oxygens (including phenoxy) is 1. The van der Waals surface area contributed by atoms with Crippen molar-refractivity contribution in [1.29, 1.82) is 0 Å². The van der Waals surface area contributed by atoms with E-state index in [9.17, 15) is 4.79 Å². The van der Waals surface area contributed by atoms with Crippen molar-refractivity contribution >= 4 is 38.3 Å². The number of anilines is 1. The van der Waals surface area contributed by atoms with Crippen LogP contribution in [0.5, 0.6) is 5.75 Å². The maximum Gasteiger partial charge on any atom is 0.293 e. The lowest BCUT2D eigenvalue weighted by Gasteiger charge is -2.04. The van der Waals surface area contributed by atoms with Crippen LogP contribution in [-0.4, -0.2) is 10.9 Å². The number of benzene rings is 1. The maximum absolute atomic E-state index is 12.1. The van der Waals surface area contributed by atoms with Gasteiger partial charge in [-0.25, -0.2) is 4.98 Å². The zero-order valence-corrected chi connectivity index (χ0v) is 14.6. The van der Waals surface area contributed by atoms with Gasteiger partial charge in [0.15, 0.2) is 10.9 Å². The fourth-order valence-electron chi connectivity index (χ4n) is 1.83. The molecule has 0 saturated carbocycles. The van der Waals surface area contributed by atoms with Crippen LogP contribution in [-0.2, 0) is 6.61 Å². The van der Waals surface area contributed by atoms with Crippen molar-refractivity contribution < 1.29 is 13.9 Å². The molecule has 0 saturated heterocycles. The van der Waals surface area contributed by atoms with Gasteiger partial charge in [0, 0.05) is 9.85 Å². The van der Waals surface area contributed by atoms with Crippen LogP contribution >= 0.6 is 27.3 Å². The van der Waals surface area contributed by atoms with E-state index in [2.05, 4.69) is 26.2 Å². The Morgan fingerprint density at radius 2 is 2.09 bits per heavy atom. The van der Waals surface area contributed by atoms with Crippen molar-refractivity contribution in [3.05, 3.63) is 63.5 Å². The molecule has 1 amide bonds. The second-order valence-electron chi connectivity index (χ2n) is 4.76. The van der Waals surface area contributed by atoms with Crippen LogP contribution in [0.25, 0.3) is 0 Å². The van der Waals surface area contributed by atoms with Crippen LogP contribution < -0.4 is 10.1 Å². The summed E-state index contributed by atoms with van der Waals surface area (Å²) in [5.74, 6) is 1.21. The van der Waals surface area contributed by atoms with Gasteiger partial charge in [-0.15, -0.1) is 11.3 Å².